The Morgan fingerprint density at radius 3 is 2.02 bits per heavy atom. The van der Waals surface area contributed by atoms with E-state index in [1.54, 1.807) is 4.79 Å². The molecule has 2 heterocycles. The van der Waals surface area contributed by atoms with E-state index in [-0.39, 0.29) is 16.2 Å². The van der Waals surface area contributed by atoms with Gasteiger partial charge in [0.05, 0.1) is 17.7 Å². The molecule has 318 valence electrons. The van der Waals surface area contributed by atoms with E-state index in [4.69, 9.17) is 20.2 Å². The Hall–Kier alpha value is -4.93. The first-order valence-electron chi connectivity index (χ1n) is 21.2. The van der Waals surface area contributed by atoms with Gasteiger partial charge in [-0.3, -0.25) is 0 Å². The Balaban J connectivity index is 1.20. The molecule has 0 bridgehead atoms. The predicted molar refractivity (Wildman–Crippen MR) is 251 cm³/mol. The zero-order valence-electron chi connectivity index (χ0n) is 38.2. The van der Waals surface area contributed by atoms with Crippen molar-refractivity contribution in [3.05, 3.63) is 129 Å². The van der Waals surface area contributed by atoms with E-state index < -0.39 is 10.0 Å². The van der Waals surface area contributed by atoms with Gasteiger partial charge in [-0.2, -0.15) is 5.10 Å². The van der Waals surface area contributed by atoms with E-state index in [2.05, 4.69) is 153 Å². The van der Waals surface area contributed by atoms with Crippen molar-refractivity contribution < 1.29 is 8.42 Å². The maximum atomic E-state index is 11.6. The Bertz CT molecular complexity index is 2530. The van der Waals surface area contributed by atoms with Crippen molar-refractivity contribution in [2.24, 2.45) is 20.9 Å². The van der Waals surface area contributed by atoms with Gasteiger partial charge in [0.15, 0.2) is 5.82 Å². The molecular weight excluding hydrogens is 763 g/mol. The van der Waals surface area contributed by atoms with Crippen LogP contribution in [0.1, 0.15) is 119 Å². The fourth-order valence-electron chi connectivity index (χ4n) is 8.37. The molecule has 0 atom stereocenters. The second-order valence-electron chi connectivity index (χ2n) is 19.6. The van der Waals surface area contributed by atoms with Crippen LogP contribution in [0.15, 0.2) is 89.0 Å². The molecule has 0 unspecified atom stereocenters. The molecule has 1 aromatic heterocycles. The summed E-state index contributed by atoms with van der Waals surface area (Å²) < 4.78 is 25.8. The van der Waals surface area contributed by atoms with E-state index in [9.17, 15) is 8.42 Å². The second kappa shape index (κ2) is 17.2. The van der Waals surface area contributed by atoms with Gasteiger partial charge in [0.2, 0.25) is 15.8 Å². The van der Waals surface area contributed by atoms with Gasteiger partial charge in [-0.15, -0.1) is 9.89 Å². The number of aliphatic imine (C=N–C) groups is 1. The summed E-state index contributed by atoms with van der Waals surface area (Å²) in [7, 11) is -3.25. The summed E-state index contributed by atoms with van der Waals surface area (Å²) in [5, 5.41) is 9.75. The molecule has 10 heteroatoms. The first-order chi connectivity index (χ1) is 28.0. The molecule has 4 aromatic carbocycles. The van der Waals surface area contributed by atoms with Crippen LogP contribution in [0.3, 0.4) is 0 Å². The molecule has 0 amide bonds. The molecule has 60 heavy (non-hydrogen) atoms. The number of anilines is 1. The zero-order chi connectivity index (χ0) is 43.8. The molecule has 0 fully saturated rings. The van der Waals surface area contributed by atoms with Crippen LogP contribution in [0.5, 0.6) is 0 Å². The summed E-state index contributed by atoms with van der Waals surface area (Å²) in [4.78, 5) is 13.9. The number of nitrogens with one attached hydrogen (secondary N) is 1. The van der Waals surface area contributed by atoms with Crippen LogP contribution in [-0.4, -0.2) is 60.6 Å². The third kappa shape index (κ3) is 10.9. The summed E-state index contributed by atoms with van der Waals surface area (Å²) in [6.45, 7) is 28.3. The first kappa shape index (κ1) is 44.6. The topological polar surface area (TPSA) is 105 Å². The van der Waals surface area contributed by atoms with Gasteiger partial charge in [-0.05, 0) is 120 Å². The third-order valence-electron chi connectivity index (χ3n) is 11.4. The number of hydrogen-bond donors (Lipinski definition) is 1. The smallest absolute Gasteiger partial charge is 0.208 e. The zero-order valence-corrected chi connectivity index (χ0v) is 39.0. The van der Waals surface area contributed by atoms with Crippen LogP contribution >= 0.6 is 0 Å². The summed E-state index contributed by atoms with van der Waals surface area (Å²) in [5.41, 5.74) is 14.7. The lowest BCUT2D eigenvalue weighted by atomic mass is 9.72. The number of fused-ring (bicyclic) bond motifs is 1. The average molecular weight is 828 g/mol. The van der Waals surface area contributed by atoms with Gasteiger partial charge in [0, 0.05) is 36.3 Å². The monoisotopic (exact) mass is 827 g/mol. The first-order valence-corrected chi connectivity index (χ1v) is 23.1. The fourth-order valence-corrected chi connectivity index (χ4v) is 8.83. The number of aryl methyl sites for hydroxylation is 3. The lowest BCUT2D eigenvalue weighted by Crippen LogP contribution is -2.34. The number of aromatic nitrogens is 3. The normalized spacial score (nSPS) is 14.2. The standard InChI is InChI=1S/C50H65N7O2S/c1-14-56(26-25-51-60(13,58)59)42-23-24-43(35(4)27-42)52-44-45(49(8,9)10)54-57-47(44)53-46(55-57)38-20-18-36(19-21-38)28-39-29-37(17-15-33(39)2)30-40-31-41(22-16-34(40)3)50(11,12)32-48(5,6)7/h15-24,27,29,31,51H,14,25-26,28,30,32H2,1-13H3. The Kier molecular flexibility index (Phi) is 12.8. The Morgan fingerprint density at radius 1 is 0.767 bits per heavy atom. The lowest BCUT2D eigenvalue weighted by Gasteiger charge is -2.33. The van der Waals surface area contributed by atoms with E-state index in [1.807, 2.05) is 19.1 Å². The maximum absolute atomic E-state index is 11.6. The molecule has 5 aromatic rings. The van der Waals surface area contributed by atoms with Gasteiger partial charge >= 0.3 is 0 Å². The summed E-state index contributed by atoms with van der Waals surface area (Å²) in [6.07, 6.45) is 4.06. The number of rotatable bonds is 14. The highest BCUT2D eigenvalue weighted by Gasteiger charge is 2.35. The fraction of sp³-hybridized carbons (Fsp3) is 0.440. The molecule has 1 N–H and O–H groups in total. The Labute approximate surface area is 359 Å². The molecular formula is C50H65N7O2S. The predicted octanol–water partition coefficient (Wildman–Crippen LogP) is 10.5. The average Bonchev–Trinajstić information content (AvgIpc) is 3.71. The summed E-state index contributed by atoms with van der Waals surface area (Å²) in [6, 6.07) is 28.7. The quantitative estimate of drug-likeness (QED) is 0.120. The van der Waals surface area contributed by atoms with Crippen molar-refractivity contribution in [3.63, 3.8) is 0 Å². The van der Waals surface area contributed by atoms with Gasteiger partial charge in [0.1, 0.15) is 5.71 Å². The van der Waals surface area contributed by atoms with Gasteiger partial charge < -0.3 is 4.90 Å². The Morgan fingerprint density at radius 2 is 1.40 bits per heavy atom. The number of benzene rings is 4. The van der Waals surface area contributed by atoms with E-state index in [1.165, 1.54) is 45.2 Å². The van der Waals surface area contributed by atoms with Crippen molar-refractivity contribution in [1.82, 2.24) is 19.6 Å². The highest BCUT2D eigenvalue weighted by Crippen LogP contribution is 2.37. The number of sulfonamides is 1. The molecule has 0 radical (unpaired) electrons. The summed E-state index contributed by atoms with van der Waals surface area (Å²) >= 11 is 0. The molecule has 0 saturated heterocycles. The summed E-state index contributed by atoms with van der Waals surface area (Å²) in [5.74, 6) is 1.23. The minimum atomic E-state index is -3.25. The minimum Gasteiger partial charge on any atom is -0.370 e. The molecule has 6 rings (SSSR count). The van der Waals surface area contributed by atoms with Gasteiger partial charge in [-0.1, -0.05) is 116 Å². The van der Waals surface area contributed by atoms with Crippen LogP contribution in [0, 0.1) is 31.6 Å². The van der Waals surface area contributed by atoms with Crippen molar-refractivity contribution in [2.45, 2.75) is 108 Å². The maximum Gasteiger partial charge on any atom is 0.208 e. The number of hydrogen-bond acceptors (Lipinski definition) is 7. The van der Waals surface area contributed by atoms with Gasteiger partial charge in [-0.25, -0.2) is 23.1 Å². The highest BCUT2D eigenvalue weighted by atomic mass is 32.2. The van der Waals surface area contributed by atoms with Crippen LogP contribution in [0.25, 0.3) is 11.4 Å². The van der Waals surface area contributed by atoms with Crippen LogP contribution in [-0.2, 0) is 28.3 Å². The number of nitrogens with zero attached hydrogens (tertiary/aromatic N) is 6. The van der Waals surface area contributed by atoms with Crippen molar-refractivity contribution in [1.29, 1.82) is 0 Å². The van der Waals surface area contributed by atoms with E-state index >= 15 is 0 Å². The lowest BCUT2D eigenvalue weighted by molar-refractivity contribution is 0.284. The second-order valence-corrected chi connectivity index (χ2v) is 21.4. The van der Waals surface area contributed by atoms with Crippen molar-refractivity contribution in [2.75, 3.05) is 30.8 Å². The molecule has 0 aliphatic carbocycles. The van der Waals surface area contributed by atoms with Crippen molar-refractivity contribution in [3.8, 4) is 11.4 Å². The molecule has 1 aliphatic rings. The third-order valence-corrected chi connectivity index (χ3v) is 12.1. The van der Waals surface area contributed by atoms with Crippen molar-refractivity contribution >= 4 is 32.8 Å². The SMILES string of the molecule is CCN(CCNS(C)(=O)=O)c1ccc(N=C2C(C(C)(C)C)=Nn3nc(-c4ccc(Cc5cc(Cc6cc(C(C)(C)CC(C)(C)C)ccc6C)ccc5C)cc4)nc32)c(C)c1. The largest absolute Gasteiger partial charge is 0.370 e. The van der Waals surface area contributed by atoms with E-state index in [0.717, 1.165) is 54.0 Å². The van der Waals surface area contributed by atoms with E-state index in [0.29, 0.717) is 30.5 Å². The molecule has 1 aliphatic heterocycles. The molecule has 9 nitrogen and oxygen atoms in total. The van der Waals surface area contributed by atoms with Gasteiger partial charge in [0.25, 0.3) is 0 Å². The van der Waals surface area contributed by atoms with Crippen LogP contribution in [0.2, 0.25) is 0 Å². The molecule has 0 spiro atoms. The highest BCUT2D eigenvalue weighted by molar-refractivity contribution is 7.88. The van der Waals surface area contributed by atoms with Crippen LogP contribution in [0.4, 0.5) is 11.4 Å². The van der Waals surface area contributed by atoms with Crippen LogP contribution < -0.4 is 9.62 Å². The minimum absolute atomic E-state index is 0.102. The number of likely N-dealkylation sites (N-methyl/N-ethyl adjacent to an activating group) is 1. The molecule has 0 saturated carbocycles.